The van der Waals surface area contributed by atoms with Crippen LogP contribution in [0.1, 0.15) is 5.56 Å². The van der Waals surface area contributed by atoms with Gasteiger partial charge in [0.1, 0.15) is 0 Å². The van der Waals surface area contributed by atoms with Gasteiger partial charge in [-0.3, -0.25) is 4.57 Å². The van der Waals surface area contributed by atoms with Crippen molar-refractivity contribution in [2.24, 2.45) is 0 Å². The van der Waals surface area contributed by atoms with E-state index in [4.69, 9.17) is 35.4 Å². The molecule has 0 amide bonds. The van der Waals surface area contributed by atoms with Gasteiger partial charge in [0.05, 0.1) is 10.7 Å². The summed E-state index contributed by atoms with van der Waals surface area (Å²) >= 11 is 17.3. The van der Waals surface area contributed by atoms with Crippen LogP contribution in [0.3, 0.4) is 0 Å². The third kappa shape index (κ3) is 1.95. The van der Waals surface area contributed by atoms with Gasteiger partial charge in [-0.1, -0.05) is 23.2 Å². The lowest BCUT2D eigenvalue weighted by Crippen LogP contribution is -1.94. The van der Waals surface area contributed by atoms with E-state index in [0.29, 0.717) is 14.8 Å². The van der Waals surface area contributed by atoms with Crippen LogP contribution in [0.4, 0.5) is 0 Å². The smallest absolute Gasteiger partial charge is 0.181 e. The van der Waals surface area contributed by atoms with Crippen LogP contribution in [0.2, 0.25) is 10.0 Å². The van der Waals surface area contributed by atoms with E-state index in [0.717, 1.165) is 11.3 Å². The summed E-state index contributed by atoms with van der Waals surface area (Å²) in [6, 6.07) is 3.64. The molecule has 1 N–H and O–H groups in total. The van der Waals surface area contributed by atoms with Crippen LogP contribution in [0.15, 0.2) is 24.5 Å². The zero-order valence-corrected chi connectivity index (χ0v) is 10.2. The maximum atomic E-state index is 6.13. The van der Waals surface area contributed by atoms with E-state index in [1.807, 2.05) is 25.3 Å². The second kappa shape index (κ2) is 4.00. The Kier molecular flexibility index (Phi) is 2.87. The summed E-state index contributed by atoms with van der Waals surface area (Å²) in [5, 5.41) is 1.31. The number of H-pyrrole nitrogens is 1. The molecule has 2 nitrogen and oxygen atoms in total. The third-order valence-electron chi connectivity index (χ3n) is 2.14. The lowest BCUT2D eigenvalue weighted by molar-refractivity contribution is 1.03. The highest BCUT2D eigenvalue weighted by atomic mass is 35.5. The minimum absolute atomic E-state index is 0.594. The van der Waals surface area contributed by atoms with Crippen molar-refractivity contribution < 1.29 is 0 Å². The number of imidazole rings is 1. The SMILES string of the molecule is Cc1cc(Cl)c(-n2cc[nH]c2=S)cc1Cl. The molecule has 0 radical (unpaired) electrons. The number of aryl methyl sites for hydroxylation is 1. The fourth-order valence-corrected chi connectivity index (χ4v) is 2.02. The molecule has 0 aliphatic rings. The Morgan fingerprint density at radius 2 is 2.00 bits per heavy atom. The number of hydrogen-bond donors (Lipinski definition) is 1. The van der Waals surface area contributed by atoms with Crippen LogP contribution in [0.25, 0.3) is 5.69 Å². The summed E-state index contributed by atoms with van der Waals surface area (Å²) in [6.45, 7) is 1.91. The van der Waals surface area contributed by atoms with Crippen molar-refractivity contribution in [2.75, 3.05) is 0 Å². The molecule has 1 aromatic heterocycles. The number of halogens is 2. The van der Waals surface area contributed by atoms with Gasteiger partial charge in [0.2, 0.25) is 0 Å². The first-order valence-corrected chi connectivity index (χ1v) is 5.48. The summed E-state index contributed by atoms with van der Waals surface area (Å²) in [5.41, 5.74) is 1.74. The molecule has 1 heterocycles. The van der Waals surface area contributed by atoms with Gasteiger partial charge < -0.3 is 4.98 Å². The lowest BCUT2D eigenvalue weighted by Gasteiger charge is -2.07. The highest BCUT2D eigenvalue weighted by Gasteiger charge is 2.06. The zero-order chi connectivity index (χ0) is 11.0. The molecule has 0 atom stereocenters. The number of aromatic amines is 1. The average molecular weight is 259 g/mol. The Morgan fingerprint density at radius 3 is 2.60 bits per heavy atom. The van der Waals surface area contributed by atoms with Gasteiger partial charge in [0.15, 0.2) is 4.77 Å². The first-order chi connectivity index (χ1) is 7.09. The molecule has 0 unspecified atom stereocenters. The van der Waals surface area contributed by atoms with Gasteiger partial charge in [-0.25, -0.2) is 0 Å². The molecule has 0 aliphatic heterocycles. The molecule has 78 valence electrons. The van der Waals surface area contributed by atoms with E-state index in [9.17, 15) is 0 Å². The fourth-order valence-electron chi connectivity index (χ4n) is 1.33. The van der Waals surface area contributed by atoms with Gasteiger partial charge in [0.25, 0.3) is 0 Å². The van der Waals surface area contributed by atoms with Gasteiger partial charge >= 0.3 is 0 Å². The standard InChI is InChI=1S/C10H8Cl2N2S/c1-6-4-8(12)9(5-7(6)11)14-3-2-13-10(14)15/h2-5H,1H3,(H,13,15). The van der Waals surface area contributed by atoms with Crippen molar-refractivity contribution in [3.63, 3.8) is 0 Å². The van der Waals surface area contributed by atoms with Crippen LogP contribution in [-0.2, 0) is 0 Å². The summed E-state index contributed by atoms with van der Waals surface area (Å²) in [5.74, 6) is 0. The maximum absolute atomic E-state index is 6.13. The van der Waals surface area contributed by atoms with Gasteiger partial charge in [-0.2, -0.15) is 0 Å². The molecular formula is C10H8Cl2N2S. The Bertz CT molecular complexity index is 557. The molecule has 0 saturated carbocycles. The molecule has 0 spiro atoms. The van der Waals surface area contributed by atoms with E-state index in [1.54, 1.807) is 10.8 Å². The number of benzene rings is 1. The maximum Gasteiger partial charge on any atom is 0.181 e. The van der Waals surface area contributed by atoms with Crippen LogP contribution < -0.4 is 0 Å². The van der Waals surface area contributed by atoms with Crippen molar-refractivity contribution in [1.29, 1.82) is 0 Å². The quantitative estimate of drug-likeness (QED) is 0.763. The Morgan fingerprint density at radius 1 is 1.27 bits per heavy atom. The minimum Gasteiger partial charge on any atom is -0.337 e. The van der Waals surface area contributed by atoms with Gasteiger partial charge in [-0.15, -0.1) is 0 Å². The highest BCUT2D eigenvalue weighted by Crippen LogP contribution is 2.27. The monoisotopic (exact) mass is 258 g/mol. The van der Waals surface area contributed by atoms with E-state index in [2.05, 4.69) is 4.98 Å². The van der Waals surface area contributed by atoms with E-state index in [1.165, 1.54) is 0 Å². The zero-order valence-electron chi connectivity index (χ0n) is 7.92. The molecular weight excluding hydrogens is 251 g/mol. The lowest BCUT2D eigenvalue weighted by atomic mass is 10.2. The van der Waals surface area contributed by atoms with E-state index >= 15 is 0 Å². The predicted octanol–water partition coefficient (Wildman–Crippen LogP) is 4.15. The average Bonchev–Trinajstić information content (AvgIpc) is 2.58. The first kappa shape index (κ1) is 10.7. The summed E-state index contributed by atoms with van der Waals surface area (Å²) in [6.07, 6.45) is 3.57. The molecule has 0 aliphatic carbocycles. The minimum atomic E-state index is 0.594. The molecule has 0 fully saturated rings. The third-order valence-corrected chi connectivity index (χ3v) is 3.16. The molecule has 5 heteroatoms. The van der Waals surface area contributed by atoms with Crippen molar-refractivity contribution in [2.45, 2.75) is 6.92 Å². The molecule has 15 heavy (non-hydrogen) atoms. The number of nitrogens with one attached hydrogen (secondary N) is 1. The molecule has 0 bridgehead atoms. The normalized spacial score (nSPS) is 10.6. The van der Waals surface area contributed by atoms with Crippen LogP contribution >= 0.6 is 35.4 Å². The Hall–Kier alpha value is -0.770. The largest absolute Gasteiger partial charge is 0.337 e. The second-order valence-electron chi connectivity index (χ2n) is 3.19. The predicted molar refractivity (Wildman–Crippen MR) is 65.7 cm³/mol. The van der Waals surface area contributed by atoms with Gasteiger partial charge in [-0.05, 0) is 36.8 Å². The van der Waals surface area contributed by atoms with Crippen LogP contribution in [-0.4, -0.2) is 9.55 Å². The molecule has 1 aromatic carbocycles. The second-order valence-corrected chi connectivity index (χ2v) is 4.39. The fraction of sp³-hybridized carbons (Fsp3) is 0.100. The van der Waals surface area contributed by atoms with Crippen LogP contribution in [0.5, 0.6) is 0 Å². The topological polar surface area (TPSA) is 20.7 Å². The summed E-state index contributed by atoms with van der Waals surface area (Å²) < 4.78 is 2.38. The number of rotatable bonds is 1. The first-order valence-electron chi connectivity index (χ1n) is 4.31. The number of nitrogens with zero attached hydrogens (tertiary/aromatic N) is 1. The number of aromatic nitrogens is 2. The Labute approximate surface area is 102 Å². The van der Waals surface area contributed by atoms with Crippen molar-refractivity contribution in [3.05, 3.63) is 44.9 Å². The number of hydrogen-bond acceptors (Lipinski definition) is 1. The van der Waals surface area contributed by atoms with E-state index < -0.39 is 0 Å². The summed E-state index contributed by atoms with van der Waals surface area (Å²) in [7, 11) is 0. The molecule has 0 saturated heterocycles. The Balaban J connectivity index is 2.69. The summed E-state index contributed by atoms with van der Waals surface area (Å²) in [4.78, 5) is 2.90. The highest BCUT2D eigenvalue weighted by molar-refractivity contribution is 7.71. The molecule has 2 rings (SSSR count). The van der Waals surface area contributed by atoms with E-state index in [-0.39, 0.29) is 0 Å². The van der Waals surface area contributed by atoms with Crippen LogP contribution in [0, 0.1) is 11.7 Å². The van der Waals surface area contributed by atoms with Gasteiger partial charge in [0, 0.05) is 17.4 Å². The van der Waals surface area contributed by atoms with Crippen molar-refractivity contribution >= 4 is 35.4 Å². The van der Waals surface area contributed by atoms with Crippen molar-refractivity contribution in [3.8, 4) is 5.69 Å². The van der Waals surface area contributed by atoms with Crippen molar-refractivity contribution in [1.82, 2.24) is 9.55 Å². The molecule has 2 aromatic rings.